The Morgan fingerprint density at radius 2 is 0.753 bits per heavy atom. The van der Waals surface area contributed by atoms with Crippen LogP contribution in [0.4, 0.5) is 0 Å². The van der Waals surface area contributed by atoms with Crippen molar-refractivity contribution in [2.45, 2.75) is 26.2 Å². The summed E-state index contributed by atoms with van der Waals surface area (Å²) in [4.78, 5) is 59.0. The molecule has 0 aliphatic carbocycles. The third kappa shape index (κ3) is 15.2. The number of sulfone groups is 2. The van der Waals surface area contributed by atoms with Crippen LogP contribution in [0.25, 0.3) is 0 Å². The lowest BCUT2D eigenvalue weighted by Crippen LogP contribution is -2.39. The van der Waals surface area contributed by atoms with Gasteiger partial charge < -0.3 is 33.2 Å². The summed E-state index contributed by atoms with van der Waals surface area (Å²) in [5.41, 5.74) is 2.35. The highest BCUT2D eigenvalue weighted by molar-refractivity contribution is 7.91. The SMILES string of the molecule is O=C1c2ccc(Oc3ccc4c(c3)C(=O)N(CCOCCOCCOCCn3cc(CN5CCS(=O)(=O)CC5)nn3)C4=O)cc2C(=O)N1CCOCCOCCOCCn1cc(CN2CCS(=O)(=O)CC2)nn1. The normalized spacial score (nSPS) is 17.8. The maximum Gasteiger partial charge on any atom is 0.261 e. The summed E-state index contributed by atoms with van der Waals surface area (Å²) in [5, 5.41) is 16.5. The Morgan fingerprint density at radius 1 is 0.425 bits per heavy atom. The minimum atomic E-state index is -2.93. The van der Waals surface area contributed by atoms with Crippen molar-refractivity contribution in [2.75, 3.05) is 142 Å². The van der Waals surface area contributed by atoms with Crippen LogP contribution in [0.5, 0.6) is 11.5 Å². The number of aromatic nitrogens is 6. The van der Waals surface area contributed by atoms with E-state index in [0.29, 0.717) is 105 Å². The second-order valence-electron chi connectivity index (χ2n) is 17.5. The predicted molar refractivity (Wildman–Crippen MR) is 257 cm³/mol. The van der Waals surface area contributed by atoms with Gasteiger partial charge in [0.05, 0.1) is 162 Å². The lowest BCUT2D eigenvalue weighted by Gasteiger charge is -2.25. The molecule has 4 aliphatic heterocycles. The van der Waals surface area contributed by atoms with E-state index in [-0.39, 0.29) is 96.3 Å². The van der Waals surface area contributed by atoms with Gasteiger partial charge in [0.15, 0.2) is 19.7 Å². The Kier molecular flexibility index (Phi) is 18.8. The molecular formula is C46H60N10O15S2. The number of carbonyl (C=O) groups excluding carboxylic acids is 4. The number of amides is 4. The van der Waals surface area contributed by atoms with Crippen LogP contribution in [-0.2, 0) is 74.3 Å². The summed E-state index contributed by atoms with van der Waals surface area (Å²) >= 11 is 0. The molecular weight excluding hydrogens is 997 g/mol. The molecule has 0 radical (unpaired) electrons. The van der Waals surface area contributed by atoms with E-state index in [4.69, 9.17) is 33.2 Å². The van der Waals surface area contributed by atoms with E-state index in [1.165, 1.54) is 24.3 Å². The smallest absolute Gasteiger partial charge is 0.261 e. The average Bonchev–Trinajstić information content (AvgIpc) is 4.13. The molecule has 0 bridgehead atoms. The maximum atomic E-state index is 13.3. The minimum Gasteiger partial charge on any atom is -0.457 e. The van der Waals surface area contributed by atoms with Crippen LogP contribution in [0.3, 0.4) is 0 Å². The molecule has 396 valence electrons. The largest absolute Gasteiger partial charge is 0.457 e. The molecule has 27 heteroatoms. The standard InChI is InChI=1S/C46H60N10O15S2/c57-43-39-3-1-37(29-41(39)45(59)55(43)7-15-67-19-23-69-21-17-65-13-5-53-33-35(47-49-53)31-51-9-25-72(61,62)26-10-51)71-38-2-4-40-42(30-38)46(60)56(44(40)58)8-16-68-20-24-70-22-18-66-14-6-54-34-36(48-50-54)32-52-11-27-73(63,64)28-12-52/h1-4,29-30,33-34H,5-28,31-32H2. The molecule has 2 saturated heterocycles. The van der Waals surface area contributed by atoms with Gasteiger partial charge in [-0.3, -0.25) is 38.8 Å². The first-order valence-electron chi connectivity index (χ1n) is 24.1. The molecule has 4 aliphatic rings. The van der Waals surface area contributed by atoms with Gasteiger partial charge >= 0.3 is 0 Å². The minimum absolute atomic E-state index is 0.0395. The van der Waals surface area contributed by atoms with Crippen molar-refractivity contribution in [3.8, 4) is 11.5 Å². The number of hydrogen-bond acceptors (Lipinski definition) is 21. The molecule has 8 rings (SSSR count). The molecule has 2 fully saturated rings. The van der Waals surface area contributed by atoms with E-state index in [9.17, 15) is 36.0 Å². The van der Waals surface area contributed by atoms with Crippen LogP contribution in [0.1, 0.15) is 52.8 Å². The third-order valence-electron chi connectivity index (χ3n) is 12.3. The van der Waals surface area contributed by atoms with E-state index in [2.05, 4.69) is 20.6 Å². The maximum absolute atomic E-state index is 13.3. The van der Waals surface area contributed by atoms with Crippen LogP contribution >= 0.6 is 0 Å². The van der Waals surface area contributed by atoms with Crippen molar-refractivity contribution in [1.82, 2.24) is 49.6 Å². The first-order chi connectivity index (χ1) is 35.3. The zero-order chi connectivity index (χ0) is 51.2. The molecule has 0 saturated carbocycles. The summed E-state index contributed by atoms with van der Waals surface area (Å²) < 4.78 is 89.5. The van der Waals surface area contributed by atoms with Gasteiger partial charge in [-0.15, -0.1) is 10.2 Å². The van der Waals surface area contributed by atoms with Crippen LogP contribution in [0.15, 0.2) is 48.8 Å². The molecule has 0 N–H and O–H groups in total. The highest BCUT2D eigenvalue weighted by Crippen LogP contribution is 2.32. The molecule has 2 aromatic carbocycles. The Morgan fingerprint density at radius 3 is 1.12 bits per heavy atom. The lowest BCUT2D eigenvalue weighted by molar-refractivity contribution is 0.00957. The summed E-state index contributed by atoms with van der Waals surface area (Å²) in [6.07, 6.45) is 3.66. The second kappa shape index (κ2) is 25.6. The van der Waals surface area contributed by atoms with Crippen molar-refractivity contribution in [3.63, 3.8) is 0 Å². The zero-order valence-electron chi connectivity index (χ0n) is 40.4. The van der Waals surface area contributed by atoms with Crippen molar-refractivity contribution in [3.05, 3.63) is 82.4 Å². The van der Waals surface area contributed by atoms with Crippen molar-refractivity contribution in [2.24, 2.45) is 0 Å². The highest BCUT2D eigenvalue weighted by Gasteiger charge is 2.37. The topological polar surface area (TPSA) is 276 Å². The summed E-state index contributed by atoms with van der Waals surface area (Å²) in [7, 11) is -5.87. The average molecular weight is 1060 g/mol. The first kappa shape index (κ1) is 53.7. The predicted octanol–water partition coefficient (Wildman–Crippen LogP) is -0.185. The fourth-order valence-corrected chi connectivity index (χ4v) is 10.8. The third-order valence-corrected chi connectivity index (χ3v) is 15.5. The quantitative estimate of drug-likeness (QED) is 0.0484. The number of imide groups is 2. The van der Waals surface area contributed by atoms with Crippen LogP contribution in [0, 0.1) is 0 Å². The molecule has 4 aromatic rings. The molecule has 73 heavy (non-hydrogen) atoms. The van der Waals surface area contributed by atoms with Crippen molar-refractivity contribution < 1.29 is 69.2 Å². The molecule has 0 spiro atoms. The lowest BCUT2D eigenvalue weighted by atomic mass is 10.1. The number of fused-ring (bicyclic) bond motifs is 2. The van der Waals surface area contributed by atoms with Crippen LogP contribution < -0.4 is 4.74 Å². The van der Waals surface area contributed by atoms with Crippen molar-refractivity contribution in [1.29, 1.82) is 0 Å². The molecule has 0 atom stereocenters. The van der Waals surface area contributed by atoms with E-state index < -0.39 is 43.3 Å². The molecule has 2 aromatic heterocycles. The second-order valence-corrected chi connectivity index (χ2v) is 22.1. The molecule has 25 nitrogen and oxygen atoms in total. The van der Waals surface area contributed by atoms with E-state index >= 15 is 0 Å². The Hall–Kier alpha value is -5.62. The van der Waals surface area contributed by atoms with E-state index in [0.717, 1.165) is 21.2 Å². The van der Waals surface area contributed by atoms with Crippen LogP contribution in [-0.4, -0.2) is 232 Å². The van der Waals surface area contributed by atoms with Gasteiger partial charge in [0.25, 0.3) is 23.6 Å². The summed E-state index contributed by atoms with van der Waals surface area (Å²) in [6, 6.07) is 9.08. The van der Waals surface area contributed by atoms with Crippen molar-refractivity contribution >= 4 is 43.3 Å². The first-order valence-corrected chi connectivity index (χ1v) is 27.7. The molecule has 4 amide bonds. The Balaban J connectivity index is 0.647. The number of hydrogen-bond donors (Lipinski definition) is 0. The number of benzene rings is 2. The van der Waals surface area contributed by atoms with Gasteiger partial charge in [0.2, 0.25) is 0 Å². The van der Waals surface area contributed by atoms with Gasteiger partial charge in [0.1, 0.15) is 11.5 Å². The molecule has 6 heterocycles. The fourth-order valence-electron chi connectivity index (χ4n) is 8.24. The number of ether oxygens (including phenoxy) is 7. The van der Waals surface area contributed by atoms with Gasteiger partial charge in [-0.05, 0) is 36.4 Å². The van der Waals surface area contributed by atoms with Gasteiger partial charge in [-0.1, -0.05) is 10.4 Å². The monoisotopic (exact) mass is 1060 g/mol. The number of carbonyl (C=O) groups is 4. The summed E-state index contributed by atoms with van der Waals surface area (Å²) in [5.74, 6) is -0.695. The van der Waals surface area contributed by atoms with E-state index in [1.807, 2.05) is 22.2 Å². The van der Waals surface area contributed by atoms with E-state index in [1.54, 1.807) is 21.5 Å². The zero-order valence-corrected chi connectivity index (χ0v) is 42.0. The highest BCUT2D eigenvalue weighted by atomic mass is 32.2. The molecule has 0 unspecified atom stereocenters. The fraction of sp³-hybridized carbons (Fsp3) is 0.565. The number of nitrogens with zero attached hydrogens (tertiary/aromatic N) is 10. The van der Waals surface area contributed by atoms with Gasteiger partial charge in [0, 0.05) is 51.7 Å². The van der Waals surface area contributed by atoms with Gasteiger partial charge in [-0.2, -0.15) is 0 Å². The van der Waals surface area contributed by atoms with Gasteiger partial charge in [-0.25, -0.2) is 26.2 Å². The summed E-state index contributed by atoms with van der Waals surface area (Å²) in [6.45, 7) is 7.67. The Bertz CT molecular complexity index is 2580. The Labute approximate surface area is 422 Å². The number of rotatable bonds is 30. The van der Waals surface area contributed by atoms with Crippen LogP contribution in [0.2, 0.25) is 0 Å².